The Hall–Kier alpha value is -1.13. The zero-order valence-electron chi connectivity index (χ0n) is 15.1. The second-order valence-electron chi connectivity index (χ2n) is 8.61. The first-order chi connectivity index (χ1) is 13.8. The number of aliphatic imine (C=N–C) groups is 2. The van der Waals surface area contributed by atoms with Crippen LogP contribution in [-0.4, -0.2) is 11.4 Å². The van der Waals surface area contributed by atoms with Gasteiger partial charge in [-0.1, -0.05) is 36.4 Å². The molecule has 7 rings (SSSR count). The maximum atomic E-state index is 5.18. The average Bonchev–Trinajstić information content (AvgIpc) is 3.24. The van der Waals surface area contributed by atoms with E-state index in [2.05, 4.69) is 60.7 Å². The van der Waals surface area contributed by atoms with Gasteiger partial charge in [-0.05, 0) is 54.4 Å². The Bertz CT molecular complexity index is 880. The third-order valence-electron chi connectivity index (χ3n) is 7.90. The molecular weight excluding hydrogens is 434 g/mol. The van der Waals surface area contributed by atoms with E-state index in [0.717, 1.165) is 35.0 Å². The van der Waals surface area contributed by atoms with E-state index in [1.165, 1.54) is 6.42 Å². The van der Waals surface area contributed by atoms with Crippen molar-refractivity contribution in [2.75, 3.05) is 0 Å². The molecule has 2 aromatic carbocycles. The van der Waals surface area contributed by atoms with Crippen LogP contribution in [0.2, 0.25) is 0 Å². The Balaban J connectivity index is 0.000000491. The van der Waals surface area contributed by atoms with E-state index in [-0.39, 0.29) is 0 Å². The minimum Gasteiger partial charge on any atom is -0.257 e. The van der Waals surface area contributed by atoms with Gasteiger partial charge in [-0.2, -0.15) is 0 Å². The van der Waals surface area contributed by atoms with E-state index in [0.29, 0.717) is 36.6 Å². The molecule has 8 atom stereocenters. The third kappa shape index (κ3) is 2.28. The van der Waals surface area contributed by atoms with Gasteiger partial charge in [0, 0.05) is 35.1 Å². The minimum absolute atomic E-state index is 0.382. The van der Waals surface area contributed by atoms with Crippen molar-refractivity contribution in [2.24, 2.45) is 57.3 Å². The molecule has 5 aliphatic rings. The molecule has 0 aromatic heterocycles. The predicted molar refractivity (Wildman–Crippen MR) is 111 cm³/mol. The van der Waals surface area contributed by atoms with Crippen LogP contribution in [0.25, 0.3) is 0 Å². The Morgan fingerprint density at radius 1 is 0.643 bits per heavy atom. The molecule has 0 amide bonds. The molecule has 145 valence electrons. The van der Waals surface area contributed by atoms with Gasteiger partial charge in [0.15, 0.2) is 0 Å². The number of rotatable bonds is 2. The Morgan fingerprint density at radius 3 is 1.43 bits per heavy atom. The number of hydrogen-bond donors (Lipinski definition) is 0. The second-order valence-corrected chi connectivity index (χ2v) is 10.3. The number of hydrogen-bond acceptors (Lipinski definition) is 2. The molecule has 28 heavy (non-hydrogen) atoms. The van der Waals surface area contributed by atoms with Gasteiger partial charge in [-0.25, -0.2) is 0 Å². The van der Waals surface area contributed by atoms with Gasteiger partial charge >= 0.3 is 33.2 Å². The van der Waals surface area contributed by atoms with Crippen molar-refractivity contribution in [1.82, 2.24) is 0 Å². The van der Waals surface area contributed by atoms with Crippen LogP contribution in [0, 0.1) is 47.3 Å². The monoisotopic (exact) mass is 453 g/mol. The molecule has 0 heterocycles. The summed E-state index contributed by atoms with van der Waals surface area (Å²) in [6.07, 6.45) is 1.44. The standard InChI is InChI=1S/C23H20N2.2ClH.Co/c1-3-7-12(8-4-1)24-22-18-14-11-15-17-16(14)20(22)21(17)23(19(15)18)25-13-9-5-2-6-10-13;;;/h1-10,14-21H,11H2;2*1H;/q;;;+2/p-2. The van der Waals surface area contributed by atoms with E-state index >= 15 is 0 Å². The number of fused-ring (bicyclic) bond motifs is 2. The van der Waals surface area contributed by atoms with Crippen molar-refractivity contribution >= 4 is 43.1 Å². The van der Waals surface area contributed by atoms with Gasteiger partial charge in [0.25, 0.3) is 0 Å². The van der Waals surface area contributed by atoms with Crippen LogP contribution in [-0.2, 0) is 12.9 Å². The van der Waals surface area contributed by atoms with Crippen LogP contribution in [0.5, 0.6) is 0 Å². The van der Waals surface area contributed by atoms with Crippen LogP contribution in [0.15, 0.2) is 70.6 Å². The average molecular weight is 454 g/mol. The van der Waals surface area contributed by atoms with Crippen LogP contribution in [0.3, 0.4) is 0 Å². The van der Waals surface area contributed by atoms with Crippen LogP contribution >= 0.6 is 20.3 Å². The summed E-state index contributed by atoms with van der Waals surface area (Å²) in [6.45, 7) is 0. The maximum Gasteiger partial charge on any atom is 0.0629 e. The van der Waals surface area contributed by atoms with Crippen LogP contribution < -0.4 is 0 Å². The fraction of sp³-hybridized carbons (Fsp3) is 0.391. The number of nitrogens with zero attached hydrogens (tertiary/aromatic N) is 2. The smallest absolute Gasteiger partial charge is 0.0629 e. The summed E-state index contributed by atoms with van der Waals surface area (Å²) in [4.78, 5) is 10.4. The van der Waals surface area contributed by atoms with Gasteiger partial charge in [-0.3, -0.25) is 9.98 Å². The summed E-state index contributed by atoms with van der Waals surface area (Å²) in [5, 5.41) is 0. The van der Waals surface area contributed by atoms with Crippen molar-refractivity contribution in [3.05, 3.63) is 60.7 Å². The maximum absolute atomic E-state index is 5.18. The molecule has 8 unspecified atom stereocenters. The molecule has 0 N–H and O–H groups in total. The molecule has 0 radical (unpaired) electrons. The number of halogens is 2. The normalized spacial score (nSPS) is 42.9. The number of benzene rings is 2. The summed E-state index contributed by atoms with van der Waals surface area (Å²) >= 11 is 0.382. The fourth-order valence-corrected chi connectivity index (χ4v) is 7.46. The fourth-order valence-electron chi connectivity index (χ4n) is 7.46. The Morgan fingerprint density at radius 2 is 1.04 bits per heavy atom. The summed E-state index contributed by atoms with van der Waals surface area (Å²) in [5.74, 6) is 6.47. The van der Waals surface area contributed by atoms with Gasteiger partial charge in [0.05, 0.1) is 11.4 Å². The zero-order valence-corrected chi connectivity index (χ0v) is 17.6. The van der Waals surface area contributed by atoms with E-state index in [1.54, 1.807) is 11.4 Å². The van der Waals surface area contributed by atoms with Crippen LogP contribution in [0.1, 0.15) is 6.42 Å². The molecule has 5 fully saturated rings. The Labute approximate surface area is 179 Å². The summed E-state index contributed by atoms with van der Waals surface area (Å²) in [6, 6.07) is 21.2. The van der Waals surface area contributed by atoms with Crippen molar-refractivity contribution in [1.29, 1.82) is 0 Å². The molecule has 2 nitrogen and oxygen atoms in total. The van der Waals surface area contributed by atoms with Crippen molar-refractivity contribution in [3.8, 4) is 0 Å². The predicted octanol–water partition coefficient (Wildman–Crippen LogP) is 6.30. The van der Waals surface area contributed by atoms with Gasteiger partial charge < -0.3 is 0 Å². The first-order valence-electron chi connectivity index (χ1n) is 9.94. The molecule has 0 spiro atoms. The minimum atomic E-state index is 0.382. The SMILES string of the molecule is [Cl][Co][Cl].c1ccc(N=C2C3C4CC5C3C(=Nc3ccccc3)C3C2C4C53)cc1. The summed E-state index contributed by atoms with van der Waals surface area (Å²) in [5.41, 5.74) is 5.37. The summed E-state index contributed by atoms with van der Waals surface area (Å²) < 4.78 is 0. The quantitative estimate of drug-likeness (QED) is 0.509. The molecule has 2 bridgehead atoms. The van der Waals surface area contributed by atoms with E-state index in [9.17, 15) is 0 Å². The van der Waals surface area contributed by atoms with Gasteiger partial charge in [0.2, 0.25) is 0 Å². The topological polar surface area (TPSA) is 24.7 Å². The van der Waals surface area contributed by atoms with E-state index < -0.39 is 0 Å². The second kappa shape index (κ2) is 6.70. The molecule has 5 aliphatic carbocycles. The Kier molecular flexibility index (Phi) is 4.23. The molecule has 0 saturated heterocycles. The first-order valence-corrected chi connectivity index (χ1v) is 12.8. The van der Waals surface area contributed by atoms with E-state index in [1.807, 2.05) is 0 Å². The largest absolute Gasteiger partial charge is 0.257 e. The van der Waals surface area contributed by atoms with Crippen LogP contribution in [0.4, 0.5) is 11.4 Å². The van der Waals surface area contributed by atoms with Crippen molar-refractivity contribution in [2.45, 2.75) is 6.42 Å². The number of para-hydroxylation sites is 2. The molecule has 5 heteroatoms. The van der Waals surface area contributed by atoms with Gasteiger partial charge in [-0.15, -0.1) is 0 Å². The van der Waals surface area contributed by atoms with Crippen molar-refractivity contribution in [3.63, 3.8) is 0 Å². The molecule has 5 saturated carbocycles. The van der Waals surface area contributed by atoms with Crippen molar-refractivity contribution < 1.29 is 12.9 Å². The molecular formula is C23H20Cl2CoN2. The van der Waals surface area contributed by atoms with E-state index in [4.69, 9.17) is 30.3 Å². The molecule has 2 aromatic rings. The zero-order chi connectivity index (χ0) is 18.8. The molecule has 0 aliphatic heterocycles. The van der Waals surface area contributed by atoms with Gasteiger partial charge in [0.1, 0.15) is 0 Å². The first kappa shape index (κ1) is 17.7. The summed E-state index contributed by atoms with van der Waals surface area (Å²) in [7, 11) is 9.47. The third-order valence-corrected chi connectivity index (χ3v) is 7.90.